The average Bonchev–Trinajstić information content (AvgIpc) is 2.93. The summed E-state index contributed by atoms with van der Waals surface area (Å²) in [7, 11) is 4.37. The molecule has 0 aromatic heterocycles. The van der Waals surface area contributed by atoms with E-state index in [0.29, 0.717) is 16.4 Å². The van der Waals surface area contributed by atoms with Crippen molar-refractivity contribution < 1.29 is 39.0 Å². The van der Waals surface area contributed by atoms with Crippen LogP contribution in [-0.4, -0.2) is 91.5 Å². The van der Waals surface area contributed by atoms with Gasteiger partial charge in [-0.15, -0.1) is 0 Å². The molecule has 0 unspecified atom stereocenters. The van der Waals surface area contributed by atoms with Crippen molar-refractivity contribution >= 4 is 182 Å². The molecule has 0 fully saturated rings. The normalized spacial score (nSPS) is 10.6. The summed E-state index contributed by atoms with van der Waals surface area (Å²) >= 11 is 11.2. The number of carbonyl (C=O) groups excluding carboxylic acids is 5. The molecule has 0 aliphatic carbocycles. The number of anilines is 2. The number of aliphatic hydroxyl groups excluding tert-OH is 1. The zero-order valence-electron chi connectivity index (χ0n) is 23.1. The van der Waals surface area contributed by atoms with Gasteiger partial charge in [0.25, 0.3) is 17.7 Å². The maximum atomic E-state index is 13.8. The number of carboxylic acid groups (broad SMARTS) is 1. The third kappa shape index (κ3) is 8.54. The predicted molar refractivity (Wildman–Crippen MR) is 214 cm³/mol. The molecule has 2 rings (SSSR count). The van der Waals surface area contributed by atoms with Gasteiger partial charge in [-0.3, -0.25) is 24.0 Å². The highest BCUT2D eigenvalue weighted by Crippen LogP contribution is 2.39. The molecular weight excluding hydrogens is 1260 g/mol. The maximum absolute atomic E-state index is 13.8. The van der Waals surface area contributed by atoms with Gasteiger partial charge in [0, 0.05) is 41.8 Å². The van der Waals surface area contributed by atoms with Crippen molar-refractivity contribution in [3.8, 4) is 0 Å². The fraction of sp³-hybridized carbons (Fsp3) is 0.280. The Hall–Kier alpha value is -0.400. The molecule has 0 saturated heterocycles. The summed E-state index contributed by atoms with van der Waals surface area (Å²) in [6.07, 6.45) is 0. The lowest BCUT2D eigenvalue weighted by atomic mass is 10.1. The molecule has 0 spiro atoms. The van der Waals surface area contributed by atoms with Crippen LogP contribution in [0.25, 0.3) is 0 Å². The lowest BCUT2D eigenvalue weighted by Gasteiger charge is -2.26. The standard InChI is InChI=1S/C25H23I6N5O8/c1-8(38)36(4)21-18(30)11(22(40)32-2)14(26)12(19(21)31)24(42)35(3)7-9(39)34-20-16(28)10(23(41)33-5-6-37)15(27)13(17(20)29)25(43)44/h37H,5-7H2,1-4H3,(H,32,40)(H,33,41)(H,34,39)(H,43,44). The topological polar surface area (TPSA) is 185 Å². The fourth-order valence-corrected chi connectivity index (χ4v) is 12.9. The van der Waals surface area contributed by atoms with Gasteiger partial charge in [0.2, 0.25) is 11.8 Å². The first-order chi connectivity index (χ1) is 20.4. The molecule has 0 heterocycles. The van der Waals surface area contributed by atoms with E-state index in [0.717, 1.165) is 4.90 Å². The van der Waals surface area contributed by atoms with E-state index in [1.54, 1.807) is 45.2 Å². The Kier molecular flexibility index (Phi) is 15.5. The van der Waals surface area contributed by atoms with Gasteiger partial charge in [0.05, 0.1) is 61.1 Å². The number of aliphatic hydroxyl groups is 1. The molecular formula is C25H23I6N5O8. The zero-order valence-corrected chi connectivity index (χ0v) is 36.1. The van der Waals surface area contributed by atoms with E-state index in [1.165, 1.54) is 33.0 Å². The van der Waals surface area contributed by atoms with Crippen LogP contribution in [0.1, 0.15) is 48.4 Å². The van der Waals surface area contributed by atoms with Crippen molar-refractivity contribution in [3.05, 3.63) is 43.7 Å². The molecule has 2 aromatic rings. The Labute approximate surface area is 334 Å². The van der Waals surface area contributed by atoms with Crippen LogP contribution in [0, 0.1) is 21.4 Å². The summed E-state index contributed by atoms with van der Waals surface area (Å²) in [6, 6.07) is 0. The van der Waals surface area contributed by atoms with Gasteiger partial charge in [0.1, 0.15) is 0 Å². The van der Waals surface area contributed by atoms with Crippen LogP contribution in [0.3, 0.4) is 0 Å². The van der Waals surface area contributed by atoms with Gasteiger partial charge in [-0.1, -0.05) is 0 Å². The number of hydrogen-bond acceptors (Lipinski definition) is 7. The SMILES string of the molecule is CNC(=O)c1c(I)c(C(=O)N(C)CC(=O)Nc2c(I)c(C(=O)O)c(I)c(C(=O)NCCO)c2I)c(I)c(N(C)C(C)=O)c1I. The molecule has 0 aliphatic heterocycles. The quantitative estimate of drug-likeness (QED) is 0.223. The summed E-state index contributed by atoms with van der Waals surface area (Å²) in [5, 5.41) is 26.7. The number of likely N-dealkylation sites (N-methyl/N-ethyl adjacent to an activating group) is 1. The first-order valence-corrected chi connectivity index (χ1v) is 18.5. The third-order valence-corrected chi connectivity index (χ3v) is 12.3. The first kappa shape index (κ1) is 39.8. The number of hydrogen-bond donors (Lipinski definition) is 5. The molecule has 5 amide bonds. The van der Waals surface area contributed by atoms with Gasteiger partial charge >= 0.3 is 5.97 Å². The first-order valence-electron chi connectivity index (χ1n) is 12.0. The van der Waals surface area contributed by atoms with E-state index in [1.807, 2.05) is 90.4 Å². The predicted octanol–water partition coefficient (Wildman–Crippen LogP) is 3.79. The number of amides is 5. The minimum Gasteiger partial charge on any atom is -0.478 e. The summed E-state index contributed by atoms with van der Waals surface area (Å²) in [5.41, 5.74) is 0.605. The molecule has 13 nitrogen and oxygen atoms in total. The summed E-state index contributed by atoms with van der Waals surface area (Å²) in [4.78, 5) is 79.6. The number of carbonyl (C=O) groups is 6. The van der Waals surface area contributed by atoms with Crippen LogP contribution in [0.5, 0.6) is 0 Å². The molecule has 0 radical (unpaired) electrons. The second-order valence-electron chi connectivity index (χ2n) is 8.76. The Bertz CT molecular complexity index is 1590. The molecule has 0 bridgehead atoms. The lowest BCUT2D eigenvalue weighted by Crippen LogP contribution is -2.37. The van der Waals surface area contributed by atoms with Crippen LogP contribution in [0.4, 0.5) is 11.4 Å². The van der Waals surface area contributed by atoms with Crippen LogP contribution in [0.15, 0.2) is 0 Å². The van der Waals surface area contributed by atoms with E-state index < -0.39 is 36.1 Å². The monoisotopic (exact) mass is 1280 g/mol. The van der Waals surface area contributed by atoms with Gasteiger partial charge in [-0.05, 0) is 136 Å². The highest BCUT2D eigenvalue weighted by molar-refractivity contribution is 14.1. The number of aromatic carboxylic acids is 1. The molecule has 19 heteroatoms. The maximum Gasteiger partial charge on any atom is 0.337 e. The van der Waals surface area contributed by atoms with Crippen molar-refractivity contribution in [1.82, 2.24) is 15.5 Å². The number of carboxylic acids is 1. The molecule has 5 N–H and O–H groups in total. The Balaban J connectivity index is 2.58. The Morgan fingerprint density at radius 3 is 1.75 bits per heavy atom. The number of halogens is 6. The van der Waals surface area contributed by atoms with E-state index in [-0.39, 0.29) is 57.7 Å². The number of nitrogens with one attached hydrogen (secondary N) is 3. The minimum atomic E-state index is -1.31. The molecule has 0 saturated carbocycles. The van der Waals surface area contributed by atoms with Crippen molar-refractivity contribution in [2.75, 3.05) is 51.1 Å². The van der Waals surface area contributed by atoms with Crippen LogP contribution < -0.4 is 20.9 Å². The van der Waals surface area contributed by atoms with Gasteiger partial charge < -0.3 is 36.0 Å². The minimum absolute atomic E-state index is 0.0176. The summed E-state index contributed by atoms with van der Waals surface area (Å²) < 4.78 is 1.82. The Morgan fingerprint density at radius 1 is 0.750 bits per heavy atom. The van der Waals surface area contributed by atoms with Crippen molar-refractivity contribution in [1.29, 1.82) is 0 Å². The largest absolute Gasteiger partial charge is 0.478 e. The second kappa shape index (κ2) is 17.1. The number of rotatable bonds is 10. The van der Waals surface area contributed by atoms with E-state index >= 15 is 0 Å². The van der Waals surface area contributed by atoms with E-state index in [2.05, 4.69) is 16.0 Å². The molecule has 44 heavy (non-hydrogen) atoms. The summed E-state index contributed by atoms with van der Waals surface area (Å²) in [5.74, 6) is -4.00. The van der Waals surface area contributed by atoms with Gasteiger partial charge in [-0.25, -0.2) is 4.79 Å². The molecule has 0 aliphatic rings. The highest BCUT2D eigenvalue weighted by Gasteiger charge is 2.32. The van der Waals surface area contributed by atoms with Crippen LogP contribution in [-0.2, 0) is 9.59 Å². The average molecular weight is 1280 g/mol. The summed E-state index contributed by atoms with van der Waals surface area (Å²) in [6.45, 7) is 0.494. The zero-order chi connectivity index (χ0) is 33.8. The molecule has 0 atom stereocenters. The smallest absolute Gasteiger partial charge is 0.337 e. The highest BCUT2D eigenvalue weighted by atomic mass is 127. The van der Waals surface area contributed by atoms with E-state index in [4.69, 9.17) is 5.11 Å². The fourth-order valence-electron chi connectivity index (χ4n) is 3.69. The van der Waals surface area contributed by atoms with E-state index in [9.17, 15) is 33.9 Å². The van der Waals surface area contributed by atoms with Crippen LogP contribution >= 0.6 is 136 Å². The van der Waals surface area contributed by atoms with Crippen molar-refractivity contribution in [2.24, 2.45) is 0 Å². The molecule has 2 aromatic carbocycles. The number of nitrogens with zero attached hydrogens (tertiary/aromatic N) is 2. The molecule has 238 valence electrons. The van der Waals surface area contributed by atoms with Crippen molar-refractivity contribution in [3.63, 3.8) is 0 Å². The lowest BCUT2D eigenvalue weighted by molar-refractivity contribution is -0.117. The van der Waals surface area contributed by atoms with Gasteiger partial charge in [-0.2, -0.15) is 0 Å². The van der Waals surface area contributed by atoms with Gasteiger partial charge in [0.15, 0.2) is 0 Å². The number of benzene rings is 2. The second-order valence-corrected chi connectivity index (χ2v) is 15.2. The van der Waals surface area contributed by atoms with Crippen LogP contribution in [0.2, 0.25) is 0 Å². The Morgan fingerprint density at radius 2 is 1.25 bits per heavy atom. The third-order valence-electron chi connectivity index (χ3n) is 5.92. The van der Waals surface area contributed by atoms with Crippen molar-refractivity contribution in [2.45, 2.75) is 6.92 Å².